The number of hydrogen-bond acceptors (Lipinski definition) is 4. The molecule has 0 radical (unpaired) electrons. The van der Waals surface area contributed by atoms with Crippen molar-refractivity contribution in [3.05, 3.63) is 35.9 Å². The highest BCUT2D eigenvalue weighted by atomic mass is 32.2. The highest BCUT2D eigenvalue weighted by molar-refractivity contribution is 7.99. The molecule has 0 bridgehead atoms. The van der Waals surface area contributed by atoms with Crippen molar-refractivity contribution < 1.29 is 9.90 Å². The average Bonchev–Trinajstić information content (AvgIpc) is 2.49. The van der Waals surface area contributed by atoms with Gasteiger partial charge in [0.2, 0.25) is 5.91 Å². The van der Waals surface area contributed by atoms with Gasteiger partial charge < -0.3 is 15.3 Å². The Balaban J connectivity index is 1.91. The van der Waals surface area contributed by atoms with Crippen molar-refractivity contribution >= 4 is 17.7 Å². The van der Waals surface area contributed by atoms with Gasteiger partial charge in [-0.2, -0.15) is 11.8 Å². The first-order chi connectivity index (χ1) is 9.79. The summed E-state index contributed by atoms with van der Waals surface area (Å²) in [6.45, 7) is 1.94. The zero-order valence-corrected chi connectivity index (χ0v) is 12.4. The van der Waals surface area contributed by atoms with E-state index in [0.717, 1.165) is 23.6 Å². The van der Waals surface area contributed by atoms with Crippen molar-refractivity contribution in [3.63, 3.8) is 0 Å². The van der Waals surface area contributed by atoms with E-state index in [1.165, 1.54) is 0 Å². The minimum atomic E-state index is 0.00538. The van der Waals surface area contributed by atoms with E-state index in [1.807, 2.05) is 42.1 Å². The van der Waals surface area contributed by atoms with Crippen LogP contribution in [0.1, 0.15) is 12.0 Å². The second kappa shape index (κ2) is 8.29. The molecule has 1 aromatic rings. The van der Waals surface area contributed by atoms with E-state index in [-0.39, 0.29) is 18.6 Å². The summed E-state index contributed by atoms with van der Waals surface area (Å²) in [7, 11) is 0. The molecule has 1 amide bonds. The average molecular weight is 294 g/mol. The molecule has 4 nitrogen and oxygen atoms in total. The molecule has 1 aliphatic rings. The quantitative estimate of drug-likeness (QED) is 0.825. The molecule has 1 fully saturated rings. The lowest BCUT2D eigenvalue weighted by Crippen LogP contribution is -2.43. The zero-order valence-electron chi connectivity index (χ0n) is 11.6. The fourth-order valence-corrected chi connectivity index (χ4v) is 3.26. The first kappa shape index (κ1) is 15.4. The van der Waals surface area contributed by atoms with Crippen molar-refractivity contribution in [2.45, 2.75) is 19.0 Å². The van der Waals surface area contributed by atoms with E-state index in [9.17, 15) is 4.79 Å². The van der Waals surface area contributed by atoms with Crippen LogP contribution in [-0.4, -0.2) is 53.2 Å². The molecule has 0 spiro atoms. The van der Waals surface area contributed by atoms with Crippen molar-refractivity contribution in [3.8, 4) is 0 Å². The van der Waals surface area contributed by atoms with Gasteiger partial charge in [-0.15, -0.1) is 0 Å². The van der Waals surface area contributed by atoms with Crippen molar-refractivity contribution in [2.75, 3.05) is 31.2 Å². The third-order valence-electron chi connectivity index (χ3n) is 3.36. The number of aliphatic hydroxyl groups is 1. The molecule has 0 aromatic heterocycles. The Hall–Kier alpha value is -1.04. The first-order valence-electron chi connectivity index (χ1n) is 7.03. The maximum Gasteiger partial charge on any atom is 0.224 e. The highest BCUT2D eigenvalue weighted by Gasteiger charge is 2.20. The Labute approximate surface area is 124 Å². The van der Waals surface area contributed by atoms with Crippen LogP contribution in [-0.2, 0) is 11.3 Å². The maximum absolute atomic E-state index is 12.4. The standard InChI is InChI=1S/C15H22N2O2S/c18-8-7-17(11-13-4-2-1-3-5-13)15(19)10-14-12-20-9-6-16-14/h1-5,14,16,18H,6-12H2. The van der Waals surface area contributed by atoms with E-state index in [1.54, 1.807) is 4.90 Å². The smallest absolute Gasteiger partial charge is 0.224 e. The minimum Gasteiger partial charge on any atom is -0.395 e. The van der Waals surface area contributed by atoms with Gasteiger partial charge in [0.15, 0.2) is 0 Å². The highest BCUT2D eigenvalue weighted by Crippen LogP contribution is 2.13. The van der Waals surface area contributed by atoms with E-state index in [0.29, 0.717) is 19.5 Å². The van der Waals surface area contributed by atoms with Gasteiger partial charge in [0, 0.05) is 43.6 Å². The van der Waals surface area contributed by atoms with E-state index in [2.05, 4.69) is 5.32 Å². The van der Waals surface area contributed by atoms with E-state index >= 15 is 0 Å². The van der Waals surface area contributed by atoms with Crippen molar-refractivity contribution in [1.82, 2.24) is 10.2 Å². The maximum atomic E-state index is 12.4. The fourth-order valence-electron chi connectivity index (χ4n) is 2.31. The molecule has 1 heterocycles. The minimum absolute atomic E-state index is 0.00538. The fraction of sp³-hybridized carbons (Fsp3) is 0.533. The van der Waals surface area contributed by atoms with Gasteiger partial charge in [-0.1, -0.05) is 30.3 Å². The van der Waals surface area contributed by atoms with E-state index < -0.39 is 0 Å². The van der Waals surface area contributed by atoms with Gasteiger partial charge in [-0.3, -0.25) is 4.79 Å². The molecule has 20 heavy (non-hydrogen) atoms. The molecule has 5 heteroatoms. The lowest BCUT2D eigenvalue weighted by molar-refractivity contribution is -0.132. The van der Waals surface area contributed by atoms with Gasteiger partial charge in [0.25, 0.3) is 0 Å². The molecular formula is C15H22N2O2S. The Morgan fingerprint density at radius 2 is 2.20 bits per heavy atom. The van der Waals surface area contributed by atoms with Crippen molar-refractivity contribution in [2.24, 2.45) is 0 Å². The van der Waals surface area contributed by atoms with Crippen molar-refractivity contribution in [1.29, 1.82) is 0 Å². The normalized spacial score (nSPS) is 18.8. The molecule has 1 unspecified atom stereocenters. The number of amides is 1. The van der Waals surface area contributed by atoms with Gasteiger partial charge in [-0.05, 0) is 5.56 Å². The molecule has 0 saturated carbocycles. The van der Waals surface area contributed by atoms with Crippen LogP contribution in [0.4, 0.5) is 0 Å². The number of carbonyl (C=O) groups excluding carboxylic acids is 1. The van der Waals surface area contributed by atoms with Gasteiger partial charge >= 0.3 is 0 Å². The number of hydrogen-bond donors (Lipinski definition) is 2. The second-order valence-electron chi connectivity index (χ2n) is 4.95. The van der Waals surface area contributed by atoms with Crippen LogP contribution in [0.2, 0.25) is 0 Å². The number of aliphatic hydroxyl groups excluding tert-OH is 1. The lowest BCUT2D eigenvalue weighted by atomic mass is 10.1. The van der Waals surface area contributed by atoms with Gasteiger partial charge in [0.1, 0.15) is 0 Å². The molecule has 2 N–H and O–H groups in total. The van der Waals surface area contributed by atoms with Gasteiger partial charge in [0.05, 0.1) is 6.61 Å². The Morgan fingerprint density at radius 3 is 2.85 bits per heavy atom. The summed E-state index contributed by atoms with van der Waals surface area (Å²) in [5.41, 5.74) is 1.10. The van der Waals surface area contributed by atoms with Crippen LogP contribution in [0.25, 0.3) is 0 Å². The van der Waals surface area contributed by atoms with E-state index in [4.69, 9.17) is 5.11 Å². The summed E-state index contributed by atoms with van der Waals surface area (Å²) in [6.07, 6.45) is 0.514. The molecular weight excluding hydrogens is 272 g/mol. The van der Waals surface area contributed by atoms with Crippen LogP contribution < -0.4 is 5.32 Å². The third kappa shape index (κ3) is 4.81. The lowest BCUT2D eigenvalue weighted by Gasteiger charge is -2.27. The second-order valence-corrected chi connectivity index (χ2v) is 6.10. The third-order valence-corrected chi connectivity index (χ3v) is 4.49. The van der Waals surface area contributed by atoms with Crippen LogP contribution in [0.15, 0.2) is 30.3 Å². The SMILES string of the molecule is O=C(CC1CSCCN1)N(CCO)Cc1ccccc1. The number of rotatable bonds is 6. The molecule has 2 rings (SSSR count). The molecule has 0 aliphatic carbocycles. The Morgan fingerprint density at radius 1 is 1.40 bits per heavy atom. The summed E-state index contributed by atoms with van der Waals surface area (Å²) in [4.78, 5) is 14.1. The zero-order chi connectivity index (χ0) is 14.2. The summed E-state index contributed by atoms with van der Waals surface area (Å²) in [6, 6.07) is 10.2. The monoisotopic (exact) mass is 294 g/mol. The van der Waals surface area contributed by atoms with Gasteiger partial charge in [-0.25, -0.2) is 0 Å². The number of thioether (sulfide) groups is 1. The van der Waals surface area contributed by atoms with Crippen LogP contribution in [0, 0.1) is 0 Å². The largest absolute Gasteiger partial charge is 0.395 e. The summed E-state index contributed by atoms with van der Waals surface area (Å²) >= 11 is 1.89. The molecule has 110 valence electrons. The predicted molar refractivity (Wildman–Crippen MR) is 82.7 cm³/mol. The number of nitrogens with one attached hydrogen (secondary N) is 1. The molecule has 1 saturated heterocycles. The van der Waals surface area contributed by atoms with Crippen LogP contribution in [0.3, 0.4) is 0 Å². The molecule has 1 aromatic carbocycles. The Bertz CT molecular complexity index is 408. The summed E-state index contributed by atoms with van der Waals surface area (Å²) in [5.74, 6) is 2.22. The molecule has 1 aliphatic heterocycles. The topological polar surface area (TPSA) is 52.6 Å². The number of carbonyl (C=O) groups is 1. The number of nitrogens with zero attached hydrogens (tertiary/aromatic N) is 1. The van der Waals surface area contributed by atoms with Crippen LogP contribution >= 0.6 is 11.8 Å². The first-order valence-corrected chi connectivity index (χ1v) is 8.18. The molecule has 1 atom stereocenters. The summed E-state index contributed by atoms with van der Waals surface area (Å²) < 4.78 is 0. The number of benzene rings is 1. The predicted octanol–water partition coefficient (Wildman–Crippen LogP) is 1.10. The van der Waals surface area contributed by atoms with Crippen LogP contribution in [0.5, 0.6) is 0 Å². The summed E-state index contributed by atoms with van der Waals surface area (Å²) in [5, 5.41) is 12.5. The Kier molecular flexibility index (Phi) is 6.36.